The molecule has 1 aromatic carbocycles. The maximum absolute atomic E-state index is 9.10. The molecule has 1 nitrogen and oxygen atoms in total. The summed E-state index contributed by atoms with van der Waals surface area (Å²) in [5, 5.41) is 9.10. The van der Waals surface area contributed by atoms with Crippen LogP contribution in [0.15, 0.2) is 33.9 Å². The molecule has 0 saturated heterocycles. The van der Waals surface area contributed by atoms with E-state index >= 15 is 0 Å². The molecule has 84 valence electrons. The Labute approximate surface area is 111 Å². The normalized spacial score (nSPS) is 12.9. The summed E-state index contributed by atoms with van der Waals surface area (Å²) in [4.78, 5) is 0. The molecule has 0 aliphatic rings. The molecular formula is C14H16IN. The van der Waals surface area contributed by atoms with Crippen molar-refractivity contribution in [1.29, 1.82) is 5.26 Å². The van der Waals surface area contributed by atoms with Crippen molar-refractivity contribution in [2.24, 2.45) is 5.41 Å². The van der Waals surface area contributed by atoms with Crippen molar-refractivity contribution in [1.82, 2.24) is 0 Å². The molecule has 0 aliphatic carbocycles. The summed E-state index contributed by atoms with van der Waals surface area (Å²) in [7, 11) is 0. The topological polar surface area (TPSA) is 23.8 Å². The van der Waals surface area contributed by atoms with Gasteiger partial charge in [0.25, 0.3) is 0 Å². The molecule has 0 unspecified atom stereocenters. The van der Waals surface area contributed by atoms with E-state index in [4.69, 9.17) is 5.26 Å². The zero-order chi connectivity index (χ0) is 12.2. The van der Waals surface area contributed by atoms with Crippen molar-refractivity contribution in [3.05, 3.63) is 39.5 Å². The fourth-order valence-corrected chi connectivity index (χ4v) is 2.05. The van der Waals surface area contributed by atoms with Crippen LogP contribution in [0.4, 0.5) is 0 Å². The van der Waals surface area contributed by atoms with Crippen LogP contribution < -0.4 is 0 Å². The second-order valence-electron chi connectivity index (χ2n) is 4.55. The van der Waals surface area contributed by atoms with E-state index in [1.54, 1.807) is 0 Å². The minimum Gasteiger partial charge on any atom is -0.198 e. The van der Waals surface area contributed by atoms with Gasteiger partial charge in [0.1, 0.15) is 0 Å². The fourth-order valence-electron chi connectivity index (χ4n) is 1.54. The van der Waals surface area contributed by atoms with Gasteiger partial charge in [-0.05, 0) is 64.5 Å². The van der Waals surface area contributed by atoms with Crippen LogP contribution in [-0.4, -0.2) is 0 Å². The van der Waals surface area contributed by atoms with Gasteiger partial charge in [-0.1, -0.05) is 30.3 Å². The highest BCUT2D eigenvalue weighted by molar-refractivity contribution is 14.1. The summed E-state index contributed by atoms with van der Waals surface area (Å²) in [5.41, 5.74) is 2.18. The Balaban J connectivity index is 3.07. The lowest BCUT2D eigenvalue weighted by atomic mass is 9.84. The van der Waals surface area contributed by atoms with Crippen LogP contribution in [0.2, 0.25) is 0 Å². The second kappa shape index (κ2) is 5.49. The van der Waals surface area contributed by atoms with Gasteiger partial charge in [0.2, 0.25) is 0 Å². The maximum atomic E-state index is 9.10. The molecule has 0 heterocycles. The molecule has 0 saturated carbocycles. The molecular weight excluding hydrogens is 309 g/mol. The van der Waals surface area contributed by atoms with E-state index in [-0.39, 0.29) is 5.41 Å². The molecule has 0 bridgehead atoms. The summed E-state index contributed by atoms with van der Waals surface area (Å²) in [5.74, 6) is 0. The van der Waals surface area contributed by atoms with E-state index in [1.165, 1.54) is 14.7 Å². The first-order valence-electron chi connectivity index (χ1n) is 5.28. The van der Waals surface area contributed by atoms with Gasteiger partial charge in [0.05, 0.1) is 11.5 Å². The summed E-state index contributed by atoms with van der Waals surface area (Å²) < 4.78 is 1.26. The highest BCUT2D eigenvalue weighted by Crippen LogP contribution is 2.34. The number of hydrogen-bond acceptors (Lipinski definition) is 1. The van der Waals surface area contributed by atoms with Crippen molar-refractivity contribution in [3.63, 3.8) is 0 Å². The fraction of sp³-hybridized carbons (Fsp3) is 0.357. The highest BCUT2D eigenvalue weighted by Gasteiger charge is 2.20. The Morgan fingerprint density at radius 3 is 2.31 bits per heavy atom. The molecule has 0 aromatic heterocycles. The van der Waals surface area contributed by atoms with Crippen LogP contribution in [0.5, 0.6) is 0 Å². The van der Waals surface area contributed by atoms with Gasteiger partial charge in [-0.15, -0.1) is 0 Å². The first kappa shape index (κ1) is 13.2. The van der Waals surface area contributed by atoms with E-state index in [1.807, 2.05) is 32.0 Å². The van der Waals surface area contributed by atoms with E-state index in [2.05, 4.69) is 47.7 Å². The standard InChI is InChI=1S/C14H16IN/c1-11(15)13(9-14(2,3)10-16)12-7-5-4-6-8-12/h4-8H,9H2,1-3H3/b13-11+. The van der Waals surface area contributed by atoms with E-state index < -0.39 is 0 Å². The van der Waals surface area contributed by atoms with Crippen LogP contribution in [0, 0.1) is 16.7 Å². The zero-order valence-electron chi connectivity index (χ0n) is 9.92. The molecule has 1 rings (SSSR count). The molecule has 1 aromatic rings. The Morgan fingerprint density at radius 2 is 1.88 bits per heavy atom. The van der Waals surface area contributed by atoms with Crippen LogP contribution in [0.25, 0.3) is 5.57 Å². The molecule has 0 amide bonds. The highest BCUT2D eigenvalue weighted by atomic mass is 127. The van der Waals surface area contributed by atoms with Crippen LogP contribution in [0.1, 0.15) is 32.8 Å². The largest absolute Gasteiger partial charge is 0.198 e. The van der Waals surface area contributed by atoms with Crippen molar-refractivity contribution in [2.45, 2.75) is 27.2 Å². The molecule has 0 fully saturated rings. The third-order valence-electron chi connectivity index (χ3n) is 2.46. The lowest BCUT2D eigenvalue weighted by Gasteiger charge is -2.19. The lowest BCUT2D eigenvalue weighted by Crippen LogP contribution is -2.09. The van der Waals surface area contributed by atoms with Gasteiger partial charge in [-0.25, -0.2) is 0 Å². The van der Waals surface area contributed by atoms with Gasteiger partial charge >= 0.3 is 0 Å². The maximum Gasteiger partial charge on any atom is 0.0687 e. The average Bonchev–Trinajstić information content (AvgIpc) is 2.27. The predicted molar refractivity (Wildman–Crippen MR) is 77.1 cm³/mol. The number of hydrogen-bond donors (Lipinski definition) is 0. The summed E-state index contributed by atoms with van der Waals surface area (Å²) >= 11 is 2.33. The first-order chi connectivity index (χ1) is 7.46. The van der Waals surface area contributed by atoms with Crippen molar-refractivity contribution >= 4 is 28.2 Å². The van der Waals surface area contributed by atoms with E-state index in [0.717, 1.165) is 6.42 Å². The van der Waals surface area contributed by atoms with Crippen molar-refractivity contribution in [3.8, 4) is 6.07 Å². The molecule has 16 heavy (non-hydrogen) atoms. The Morgan fingerprint density at radius 1 is 1.31 bits per heavy atom. The summed E-state index contributed by atoms with van der Waals surface area (Å²) in [6.07, 6.45) is 0.794. The Kier molecular flexibility index (Phi) is 4.55. The third-order valence-corrected chi connectivity index (χ3v) is 3.11. The predicted octanol–water partition coefficient (Wildman–Crippen LogP) is 4.79. The number of nitrogens with zero attached hydrogens (tertiary/aromatic N) is 1. The number of allylic oxidation sites excluding steroid dienone is 2. The second-order valence-corrected chi connectivity index (χ2v) is 6.17. The van der Waals surface area contributed by atoms with Gasteiger partial charge in [-0.3, -0.25) is 0 Å². The van der Waals surface area contributed by atoms with E-state index in [0.29, 0.717) is 0 Å². The average molecular weight is 325 g/mol. The smallest absolute Gasteiger partial charge is 0.0687 e. The zero-order valence-corrected chi connectivity index (χ0v) is 12.1. The third kappa shape index (κ3) is 3.64. The SMILES string of the molecule is C/C(I)=C(/CC(C)(C)C#N)c1ccccc1. The Bertz CT molecular complexity index is 420. The molecule has 0 aliphatic heterocycles. The number of benzene rings is 1. The van der Waals surface area contributed by atoms with E-state index in [9.17, 15) is 0 Å². The molecule has 0 radical (unpaired) electrons. The quantitative estimate of drug-likeness (QED) is 0.733. The number of rotatable bonds is 3. The molecule has 0 atom stereocenters. The summed E-state index contributed by atoms with van der Waals surface area (Å²) in [6.45, 7) is 6.06. The Hall–Kier alpha value is -0.820. The summed E-state index contributed by atoms with van der Waals surface area (Å²) in [6, 6.07) is 12.6. The van der Waals surface area contributed by atoms with Gasteiger partial charge in [-0.2, -0.15) is 5.26 Å². The van der Waals surface area contributed by atoms with Gasteiger partial charge in [0.15, 0.2) is 0 Å². The van der Waals surface area contributed by atoms with Crippen molar-refractivity contribution < 1.29 is 0 Å². The minimum atomic E-state index is -0.308. The molecule has 2 heteroatoms. The van der Waals surface area contributed by atoms with Crippen molar-refractivity contribution in [2.75, 3.05) is 0 Å². The monoisotopic (exact) mass is 325 g/mol. The van der Waals surface area contributed by atoms with Gasteiger partial charge < -0.3 is 0 Å². The molecule has 0 N–H and O–H groups in total. The number of nitriles is 1. The van der Waals surface area contributed by atoms with Gasteiger partial charge in [0, 0.05) is 0 Å². The number of halogens is 1. The molecule has 0 spiro atoms. The van der Waals surface area contributed by atoms with Crippen LogP contribution in [-0.2, 0) is 0 Å². The first-order valence-corrected chi connectivity index (χ1v) is 6.36. The van der Waals surface area contributed by atoms with Crippen LogP contribution >= 0.6 is 22.6 Å². The minimum absolute atomic E-state index is 0.308. The lowest BCUT2D eigenvalue weighted by molar-refractivity contribution is 0.512. The van der Waals surface area contributed by atoms with Crippen LogP contribution in [0.3, 0.4) is 0 Å².